The molecular weight excluding hydrogens is 424 g/mol. The Morgan fingerprint density at radius 3 is 2.47 bits per heavy atom. The van der Waals surface area contributed by atoms with Gasteiger partial charge in [-0.2, -0.15) is 5.26 Å². The zero-order chi connectivity index (χ0) is 22.8. The molecule has 32 heavy (non-hydrogen) atoms. The van der Waals surface area contributed by atoms with Gasteiger partial charge < -0.3 is 15.0 Å². The number of benzene rings is 1. The molecule has 7 nitrogen and oxygen atoms in total. The number of carbonyl (C=O) groups is 2. The Hall–Kier alpha value is -2.76. The van der Waals surface area contributed by atoms with E-state index in [2.05, 4.69) is 10.3 Å². The Balaban J connectivity index is 0.000000207. The lowest BCUT2D eigenvalue weighted by molar-refractivity contribution is -0.125. The van der Waals surface area contributed by atoms with Crippen molar-refractivity contribution in [2.75, 3.05) is 32.8 Å². The van der Waals surface area contributed by atoms with Crippen molar-refractivity contribution in [1.82, 2.24) is 15.2 Å². The van der Waals surface area contributed by atoms with Crippen LogP contribution in [0.1, 0.15) is 47.5 Å². The molecule has 1 aromatic heterocycles. The molecule has 1 saturated heterocycles. The lowest BCUT2D eigenvalue weighted by Gasteiger charge is -2.26. The van der Waals surface area contributed by atoms with Crippen molar-refractivity contribution < 1.29 is 14.3 Å². The first kappa shape index (κ1) is 23.9. The van der Waals surface area contributed by atoms with E-state index < -0.39 is 0 Å². The summed E-state index contributed by atoms with van der Waals surface area (Å²) in [6.45, 7) is 4.75. The minimum absolute atomic E-state index is 0.0660. The molecule has 2 aromatic rings. The third-order valence-corrected chi connectivity index (χ3v) is 6.62. The second-order valence-corrected chi connectivity index (χ2v) is 9.17. The first-order valence-corrected chi connectivity index (χ1v) is 11.9. The predicted octanol–water partition coefficient (Wildman–Crippen LogP) is 3.80. The Bertz CT molecular complexity index is 923. The topological polar surface area (TPSA) is 95.3 Å². The van der Waals surface area contributed by atoms with Gasteiger partial charge in [0.25, 0.3) is 5.91 Å². The zero-order valence-electron chi connectivity index (χ0n) is 18.5. The fourth-order valence-corrected chi connectivity index (χ4v) is 4.64. The number of thiazole rings is 1. The van der Waals surface area contributed by atoms with Crippen LogP contribution in [0.25, 0.3) is 10.4 Å². The van der Waals surface area contributed by atoms with E-state index in [0.29, 0.717) is 26.3 Å². The Morgan fingerprint density at radius 1 is 1.19 bits per heavy atom. The van der Waals surface area contributed by atoms with Gasteiger partial charge in [0.05, 0.1) is 29.2 Å². The highest BCUT2D eigenvalue weighted by molar-refractivity contribution is 7.15. The summed E-state index contributed by atoms with van der Waals surface area (Å²) in [6.07, 6.45) is 7.44. The van der Waals surface area contributed by atoms with Gasteiger partial charge in [0, 0.05) is 30.8 Å². The number of carbonyl (C=O) groups excluding carboxylic acids is 2. The monoisotopic (exact) mass is 454 g/mol. The largest absolute Gasteiger partial charge is 0.378 e. The van der Waals surface area contributed by atoms with Gasteiger partial charge in [-0.15, -0.1) is 11.3 Å². The van der Waals surface area contributed by atoms with Crippen LogP contribution in [0.5, 0.6) is 0 Å². The second-order valence-electron chi connectivity index (χ2n) is 7.94. The maximum Gasteiger partial charge on any atom is 0.254 e. The van der Waals surface area contributed by atoms with Crippen LogP contribution in [-0.4, -0.2) is 54.5 Å². The number of nitrogens with zero attached hydrogens (tertiary/aromatic N) is 3. The molecule has 2 heterocycles. The Morgan fingerprint density at radius 2 is 1.88 bits per heavy atom. The van der Waals surface area contributed by atoms with Gasteiger partial charge in [0.15, 0.2) is 0 Å². The summed E-state index contributed by atoms with van der Waals surface area (Å²) >= 11 is 1.66. The number of nitrogens with one attached hydrogen (secondary N) is 1. The molecule has 0 unspecified atom stereocenters. The van der Waals surface area contributed by atoms with Crippen LogP contribution in [-0.2, 0) is 9.53 Å². The zero-order valence-corrected chi connectivity index (χ0v) is 19.3. The van der Waals surface area contributed by atoms with E-state index >= 15 is 0 Å². The average molecular weight is 455 g/mol. The van der Waals surface area contributed by atoms with Crippen LogP contribution in [0.15, 0.2) is 30.5 Å². The number of hydrogen-bond donors (Lipinski definition) is 1. The van der Waals surface area contributed by atoms with Gasteiger partial charge in [-0.25, -0.2) is 4.98 Å². The molecule has 2 fully saturated rings. The summed E-state index contributed by atoms with van der Waals surface area (Å²) in [4.78, 5) is 30.8. The fraction of sp³-hybridized carbons (Fsp3) is 0.500. The van der Waals surface area contributed by atoms with Crippen LogP contribution in [0.3, 0.4) is 0 Å². The summed E-state index contributed by atoms with van der Waals surface area (Å²) in [5.41, 5.74) is 1.84. The minimum atomic E-state index is 0.0660. The smallest absolute Gasteiger partial charge is 0.254 e. The maximum atomic E-state index is 12.3. The summed E-state index contributed by atoms with van der Waals surface area (Å²) < 4.78 is 5.27. The van der Waals surface area contributed by atoms with Crippen molar-refractivity contribution in [2.24, 2.45) is 5.92 Å². The molecule has 1 aliphatic heterocycles. The highest BCUT2D eigenvalue weighted by Gasteiger charge is 2.20. The van der Waals surface area contributed by atoms with Crippen molar-refractivity contribution in [2.45, 2.75) is 39.0 Å². The van der Waals surface area contributed by atoms with E-state index in [9.17, 15) is 9.59 Å². The summed E-state index contributed by atoms with van der Waals surface area (Å²) in [5, 5.41) is 11.9. The van der Waals surface area contributed by atoms with Gasteiger partial charge in [0.2, 0.25) is 5.91 Å². The van der Waals surface area contributed by atoms with E-state index in [-0.39, 0.29) is 24.3 Å². The van der Waals surface area contributed by atoms with Gasteiger partial charge in [-0.05, 0) is 37.5 Å². The molecule has 2 amide bonds. The van der Waals surface area contributed by atoms with Crippen molar-refractivity contribution in [3.8, 4) is 16.5 Å². The SMILES string of the molecule is Cc1ncc(-c2ccc(C(=O)N3CCOCC3)cc2)s1.N#CCNC(=O)C1CCCCC1. The van der Waals surface area contributed by atoms with Crippen LogP contribution in [0, 0.1) is 24.2 Å². The quantitative estimate of drug-likeness (QED) is 0.709. The molecule has 1 aromatic carbocycles. The maximum absolute atomic E-state index is 12.3. The number of rotatable bonds is 4. The molecule has 1 aliphatic carbocycles. The molecule has 170 valence electrons. The summed E-state index contributed by atoms with van der Waals surface area (Å²) in [7, 11) is 0. The molecule has 4 rings (SSSR count). The van der Waals surface area contributed by atoms with Crippen molar-refractivity contribution in [3.05, 3.63) is 41.0 Å². The molecule has 1 N–H and O–H groups in total. The minimum Gasteiger partial charge on any atom is -0.378 e. The number of nitriles is 1. The van der Waals surface area contributed by atoms with Crippen LogP contribution in [0.2, 0.25) is 0 Å². The lowest BCUT2D eigenvalue weighted by atomic mass is 9.89. The highest BCUT2D eigenvalue weighted by atomic mass is 32.1. The number of morpholine rings is 1. The number of aryl methyl sites for hydroxylation is 1. The molecule has 1 saturated carbocycles. The average Bonchev–Trinajstić information content (AvgIpc) is 3.30. The van der Waals surface area contributed by atoms with E-state index in [1.807, 2.05) is 48.4 Å². The van der Waals surface area contributed by atoms with Gasteiger partial charge >= 0.3 is 0 Å². The summed E-state index contributed by atoms with van der Waals surface area (Å²) in [5.74, 6) is 0.323. The number of hydrogen-bond acceptors (Lipinski definition) is 6. The lowest BCUT2D eigenvalue weighted by Crippen LogP contribution is -2.40. The molecule has 0 radical (unpaired) electrons. The molecule has 0 spiro atoms. The van der Waals surface area contributed by atoms with Crippen LogP contribution >= 0.6 is 11.3 Å². The molecular formula is C24H30N4O3S. The van der Waals surface area contributed by atoms with E-state index in [1.54, 1.807) is 11.3 Å². The number of aromatic nitrogens is 1. The first-order chi connectivity index (χ1) is 15.6. The first-order valence-electron chi connectivity index (χ1n) is 11.1. The van der Waals surface area contributed by atoms with E-state index in [0.717, 1.165) is 46.7 Å². The third kappa shape index (κ3) is 6.87. The molecule has 8 heteroatoms. The Kier molecular flexibility index (Phi) is 9.20. The van der Waals surface area contributed by atoms with Crippen molar-refractivity contribution >= 4 is 23.2 Å². The highest BCUT2D eigenvalue weighted by Crippen LogP contribution is 2.26. The van der Waals surface area contributed by atoms with Gasteiger partial charge in [-0.3, -0.25) is 9.59 Å². The van der Waals surface area contributed by atoms with Gasteiger partial charge in [-0.1, -0.05) is 31.4 Å². The number of ether oxygens (including phenoxy) is 1. The third-order valence-electron chi connectivity index (χ3n) is 5.65. The van der Waals surface area contributed by atoms with Crippen molar-refractivity contribution in [1.29, 1.82) is 5.26 Å². The van der Waals surface area contributed by atoms with Crippen LogP contribution in [0.4, 0.5) is 0 Å². The number of amides is 2. The second kappa shape index (κ2) is 12.3. The Labute approximate surface area is 193 Å². The summed E-state index contributed by atoms with van der Waals surface area (Å²) in [6, 6.07) is 9.66. The fourth-order valence-electron chi connectivity index (χ4n) is 3.86. The molecule has 2 aliphatic rings. The van der Waals surface area contributed by atoms with E-state index in [4.69, 9.17) is 10.00 Å². The normalized spacial score (nSPS) is 16.4. The van der Waals surface area contributed by atoms with E-state index in [1.165, 1.54) is 6.42 Å². The predicted molar refractivity (Wildman–Crippen MR) is 124 cm³/mol. The molecule has 0 bridgehead atoms. The van der Waals surface area contributed by atoms with Crippen LogP contribution < -0.4 is 5.32 Å². The van der Waals surface area contributed by atoms with Gasteiger partial charge in [0.1, 0.15) is 6.54 Å². The molecule has 0 atom stereocenters. The van der Waals surface area contributed by atoms with Crippen molar-refractivity contribution in [3.63, 3.8) is 0 Å². The standard InChI is InChI=1S/C15H16N2O2S.C9H14N2O/c1-11-16-10-14(20-11)12-2-4-13(5-3-12)15(18)17-6-8-19-9-7-17;10-6-7-11-9(12)8-4-2-1-3-5-8/h2-5,10H,6-9H2,1H3;8H,1-5,7H2,(H,11,12).